The van der Waals surface area contributed by atoms with Crippen molar-refractivity contribution in [1.29, 1.82) is 0 Å². The summed E-state index contributed by atoms with van der Waals surface area (Å²) in [4.78, 5) is 20.3. The average molecular weight is 349 g/mol. The molecule has 0 spiro atoms. The zero-order valence-corrected chi connectivity index (χ0v) is 13.5. The summed E-state index contributed by atoms with van der Waals surface area (Å²) in [5.74, 6) is 0.880. The largest absolute Gasteiger partial charge is 0.370 e. The molecule has 0 aliphatic rings. The highest BCUT2D eigenvalue weighted by atomic mass is 79.9. The minimum absolute atomic E-state index is 0.267. The number of nitrogens with one attached hydrogen (secondary N) is 2. The Labute approximate surface area is 132 Å². The molecule has 1 amide bonds. The van der Waals surface area contributed by atoms with Crippen LogP contribution in [0.3, 0.4) is 0 Å². The van der Waals surface area contributed by atoms with Gasteiger partial charge in [0.25, 0.3) is 5.91 Å². The van der Waals surface area contributed by atoms with Crippen molar-refractivity contribution in [3.05, 3.63) is 46.8 Å². The molecule has 2 rings (SSSR count). The van der Waals surface area contributed by atoms with Crippen molar-refractivity contribution in [2.24, 2.45) is 5.92 Å². The fraction of sp³-hybridized carbons (Fsp3) is 0.267. The van der Waals surface area contributed by atoms with Crippen molar-refractivity contribution in [3.8, 4) is 0 Å². The quantitative estimate of drug-likeness (QED) is 0.866. The van der Waals surface area contributed by atoms with Gasteiger partial charge in [-0.15, -0.1) is 0 Å². The Hall–Kier alpha value is -1.95. The number of hydrogen-bond donors (Lipinski definition) is 2. The summed E-state index contributed by atoms with van der Waals surface area (Å²) in [7, 11) is 0. The first kappa shape index (κ1) is 15.4. The highest BCUT2D eigenvalue weighted by Crippen LogP contribution is 2.21. The molecule has 0 bridgehead atoms. The van der Waals surface area contributed by atoms with Gasteiger partial charge >= 0.3 is 0 Å². The Morgan fingerprint density at radius 3 is 2.76 bits per heavy atom. The molecule has 1 aromatic heterocycles. The van der Waals surface area contributed by atoms with E-state index in [1.54, 1.807) is 6.07 Å². The molecule has 6 heteroatoms. The molecule has 2 aromatic rings. The minimum Gasteiger partial charge on any atom is -0.370 e. The van der Waals surface area contributed by atoms with Crippen LogP contribution in [0.2, 0.25) is 0 Å². The third-order valence-electron chi connectivity index (χ3n) is 2.71. The standard InChI is InChI=1S/C15H17BrN4O/c1-10(2)8-17-14-7-13(18-9-19-14)15(21)20-12-6-4-3-5-11(12)16/h3-7,9-10H,8H2,1-2H3,(H,20,21)(H,17,18,19). The van der Waals surface area contributed by atoms with Gasteiger partial charge in [0, 0.05) is 17.1 Å². The lowest BCUT2D eigenvalue weighted by atomic mass is 10.2. The Balaban J connectivity index is 2.09. The number of anilines is 2. The molecule has 0 aliphatic carbocycles. The predicted molar refractivity (Wildman–Crippen MR) is 87.5 cm³/mol. The second-order valence-corrected chi connectivity index (χ2v) is 5.85. The van der Waals surface area contributed by atoms with Gasteiger partial charge in [0.05, 0.1) is 5.69 Å². The zero-order valence-electron chi connectivity index (χ0n) is 11.9. The van der Waals surface area contributed by atoms with Crippen LogP contribution in [-0.2, 0) is 0 Å². The highest BCUT2D eigenvalue weighted by molar-refractivity contribution is 9.10. The fourth-order valence-electron chi connectivity index (χ4n) is 1.64. The SMILES string of the molecule is CC(C)CNc1cc(C(=O)Nc2ccccc2Br)ncn1. The number of carbonyl (C=O) groups is 1. The van der Waals surface area contributed by atoms with Gasteiger partial charge in [0.15, 0.2) is 0 Å². The van der Waals surface area contributed by atoms with Gasteiger partial charge in [0.2, 0.25) is 0 Å². The Morgan fingerprint density at radius 2 is 2.05 bits per heavy atom. The normalized spacial score (nSPS) is 10.5. The highest BCUT2D eigenvalue weighted by Gasteiger charge is 2.10. The number of rotatable bonds is 5. The van der Waals surface area contributed by atoms with Crippen LogP contribution >= 0.6 is 15.9 Å². The molecule has 2 N–H and O–H groups in total. The average Bonchev–Trinajstić information content (AvgIpc) is 2.48. The second-order valence-electron chi connectivity index (χ2n) is 5.00. The molecule has 0 radical (unpaired) electrons. The maximum Gasteiger partial charge on any atom is 0.274 e. The van der Waals surface area contributed by atoms with Gasteiger partial charge in [-0.3, -0.25) is 4.79 Å². The fourth-order valence-corrected chi connectivity index (χ4v) is 2.02. The van der Waals surface area contributed by atoms with Crippen LogP contribution in [0.25, 0.3) is 0 Å². The third kappa shape index (κ3) is 4.53. The molecule has 21 heavy (non-hydrogen) atoms. The number of nitrogens with zero attached hydrogens (tertiary/aromatic N) is 2. The van der Waals surface area contributed by atoms with Crippen LogP contribution < -0.4 is 10.6 Å². The van der Waals surface area contributed by atoms with Crippen LogP contribution in [0.5, 0.6) is 0 Å². The van der Waals surface area contributed by atoms with Crippen molar-refractivity contribution in [3.63, 3.8) is 0 Å². The number of carbonyl (C=O) groups excluding carboxylic acids is 1. The van der Waals surface area contributed by atoms with Crippen molar-refractivity contribution < 1.29 is 4.79 Å². The number of para-hydroxylation sites is 1. The van der Waals surface area contributed by atoms with E-state index in [2.05, 4.69) is 50.4 Å². The number of aromatic nitrogens is 2. The zero-order chi connectivity index (χ0) is 15.2. The van der Waals surface area contributed by atoms with E-state index in [-0.39, 0.29) is 5.91 Å². The molecule has 5 nitrogen and oxygen atoms in total. The van der Waals surface area contributed by atoms with Gasteiger partial charge < -0.3 is 10.6 Å². The predicted octanol–water partition coefficient (Wildman–Crippen LogP) is 3.56. The van der Waals surface area contributed by atoms with Crippen molar-refractivity contribution >= 4 is 33.3 Å². The maximum absolute atomic E-state index is 12.2. The van der Waals surface area contributed by atoms with E-state index < -0.39 is 0 Å². The summed E-state index contributed by atoms with van der Waals surface area (Å²) in [5.41, 5.74) is 1.03. The Morgan fingerprint density at radius 1 is 1.29 bits per heavy atom. The van der Waals surface area contributed by atoms with Crippen molar-refractivity contribution in [1.82, 2.24) is 9.97 Å². The molecular formula is C15H17BrN4O. The van der Waals surface area contributed by atoms with Crippen molar-refractivity contribution in [2.75, 3.05) is 17.2 Å². The monoisotopic (exact) mass is 348 g/mol. The Bertz CT molecular complexity index is 631. The van der Waals surface area contributed by atoms with E-state index in [9.17, 15) is 4.79 Å². The number of amides is 1. The second kappa shape index (κ2) is 7.17. The van der Waals surface area contributed by atoms with Gasteiger partial charge in [-0.25, -0.2) is 9.97 Å². The van der Waals surface area contributed by atoms with Crippen molar-refractivity contribution in [2.45, 2.75) is 13.8 Å². The smallest absolute Gasteiger partial charge is 0.274 e. The number of benzene rings is 1. The van der Waals surface area contributed by atoms with Crippen LogP contribution in [-0.4, -0.2) is 22.4 Å². The minimum atomic E-state index is -0.267. The number of halogens is 1. The summed E-state index contributed by atoms with van der Waals surface area (Å²) in [6.45, 7) is 5.01. The summed E-state index contributed by atoms with van der Waals surface area (Å²) >= 11 is 3.39. The molecule has 1 heterocycles. The van der Waals surface area contributed by atoms with E-state index in [0.717, 1.165) is 11.0 Å². The summed E-state index contributed by atoms with van der Waals surface area (Å²) in [6, 6.07) is 9.08. The lowest BCUT2D eigenvalue weighted by Crippen LogP contribution is -2.16. The molecule has 0 aliphatic heterocycles. The van der Waals surface area contributed by atoms with Gasteiger partial charge in [-0.2, -0.15) is 0 Å². The summed E-state index contributed by atoms with van der Waals surface area (Å²) in [6.07, 6.45) is 1.39. The van der Waals surface area contributed by atoms with E-state index in [0.29, 0.717) is 23.1 Å². The maximum atomic E-state index is 12.2. The van der Waals surface area contributed by atoms with Gasteiger partial charge in [0.1, 0.15) is 17.8 Å². The molecule has 0 saturated carbocycles. The lowest BCUT2D eigenvalue weighted by molar-refractivity contribution is 0.102. The van der Waals surface area contributed by atoms with Crippen LogP contribution in [0.1, 0.15) is 24.3 Å². The first-order chi connectivity index (χ1) is 10.1. The molecular weight excluding hydrogens is 332 g/mol. The first-order valence-corrected chi connectivity index (χ1v) is 7.47. The third-order valence-corrected chi connectivity index (χ3v) is 3.40. The van der Waals surface area contributed by atoms with Gasteiger partial charge in [-0.1, -0.05) is 26.0 Å². The summed E-state index contributed by atoms with van der Waals surface area (Å²) in [5, 5.41) is 5.99. The van der Waals surface area contributed by atoms with Crippen LogP contribution in [0, 0.1) is 5.92 Å². The topological polar surface area (TPSA) is 66.9 Å². The lowest BCUT2D eigenvalue weighted by Gasteiger charge is -2.09. The van der Waals surface area contributed by atoms with E-state index >= 15 is 0 Å². The molecule has 0 unspecified atom stereocenters. The molecule has 110 valence electrons. The molecule has 1 aromatic carbocycles. The van der Waals surface area contributed by atoms with Gasteiger partial charge in [-0.05, 0) is 34.0 Å². The Kier molecular flexibility index (Phi) is 5.27. The van der Waals surface area contributed by atoms with E-state index in [4.69, 9.17) is 0 Å². The summed E-state index contributed by atoms with van der Waals surface area (Å²) < 4.78 is 0.825. The van der Waals surface area contributed by atoms with E-state index in [1.807, 2.05) is 24.3 Å². The van der Waals surface area contributed by atoms with E-state index in [1.165, 1.54) is 6.33 Å². The van der Waals surface area contributed by atoms with Crippen LogP contribution in [0.4, 0.5) is 11.5 Å². The molecule has 0 saturated heterocycles. The molecule has 0 atom stereocenters. The number of hydrogen-bond acceptors (Lipinski definition) is 4. The first-order valence-electron chi connectivity index (χ1n) is 6.68. The molecule has 0 fully saturated rings. The van der Waals surface area contributed by atoms with Crippen LogP contribution in [0.15, 0.2) is 41.1 Å².